The summed E-state index contributed by atoms with van der Waals surface area (Å²) in [5, 5.41) is 12.1. The molecule has 0 saturated carbocycles. The molecule has 0 aromatic heterocycles. The molecular formula is C25H31F2N5O6S. The van der Waals surface area contributed by atoms with Crippen LogP contribution in [0.5, 0.6) is 0 Å². The zero-order valence-corrected chi connectivity index (χ0v) is 22.1. The number of carboxylic acid groups (broad SMARTS) is 1. The largest absolute Gasteiger partial charge is 0.481 e. The third kappa shape index (κ3) is 9.57. The molecule has 14 heteroatoms. The number of carboxylic acids is 1. The number of amides is 2. The smallest absolute Gasteiger partial charge is 0.305 e. The number of aliphatic carboxylic acids is 1. The molecule has 2 unspecified atom stereocenters. The number of carbonyl (C=O) groups excluding carboxylic acids is 2. The maximum atomic E-state index is 13.5. The number of benzene rings is 2. The van der Waals surface area contributed by atoms with Crippen LogP contribution >= 0.6 is 0 Å². The Balaban J connectivity index is 1.57. The van der Waals surface area contributed by atoms with Crippen LogP contribution in [0.2, 0.25) is 0 Å². The van der Waals surface area contributed by atoms with E-state index in [2.05, 4.69) is 10.0 Å². The van der Waals surface area contributed by atoms with Crippen molar-refractivity contribution in [2.45, 2.75) is 31.3 Å². The minimum atomic E-state index is -3.49. The van der Waals surface area contributed by atoms with E-state index >= 15 is 0 Å². The van der Waals surface area contributed by atoms with Crippen LogP contribution in [0.25, 0.3) is 0 Å². The Morgan fingerprint density at radius 3 is 2.49 bits per heavy atom. The Morgan fingerprint density at radius 1 is 1.10 bits per heavy atom. The van der Waals surface area contributed by atoms with Crippen LogP contribution in [-0.2, 0) is 30.8 Å². The van der Waals surface area contributed by atoms with Crippen molar-refractivity contribution in [1.82, 2.24) is 9.80 Å². The molecule has 2 aromatic rings. The van der Waals surface area contributed by atoms with Crippen LogP contribution in [0.4, 0.5) is 20.2 Å². The lowest BCUT2D eigenvalue weighted by Crippen LogP contribution is -2.57. The fourth-order valence-corrected chi connectivity index (χ4v) is 4.98. The Labute approximate surface area is 225 Å². The fourth-order valence-electron chi connectivity index (χ4n) is 4.43. The van der Waals surface area contributed by atoms with Crippen molar-refractivity contribution < 1.29 is 36.7 Å². The van der Waals surface area contributed by atoms with Gasteiger partial charge in [0, 0.05) is 37.8 Å². The minimum absolute atomic E-state index is 0.0719. The molecule has 1 aliphatic rings. The molecule has 11 nitrogen and oxygen atoms in total. The van der Waals surface area contributed by atoms with Crippen LogP contribution in [0.15, 0.2) is 42.5 Å². The number of hydrogen-bond donors (Lipinski definition) is 4. The molecule has 0 aliphatic carbocycles. The predicted octanol–water partition coefficient (Wildman–Crippen LogP) is 1.22. The van der Waals surface area contributed by atoms with Crippen molar-refractivity contribution in [3.63, 3.8) is 0 Å². The summed E-state index contributed by atoms with van der Waals surface area (Å²) in [5.41, 5.74) is 7.17. The van der Waals surface area contributed by atoms with Crippen LogP contribution in [0.1, 0.15) is 18.4 Å². The summed E-state index contributed by atoms with van der Waals surface area (Å²) in [5.74, 6) is -3.86. The molecule has 0 spiro atoms. The first-order valence-corrected chi connectivity index (χ1v) is 14.0. The average Bonchev–Trinajstić information content (AvgIpc) is 2.80. The number of hydrogen-bond acceptors (Lipinski definition) is 7. The summed E-state index contributed by atoms with van der Waals surface area (Å²) in [6.45, 7) is 0.552. The molecule has 39 heavy (non-hydrogen) atoms. The molecule has 212 valence electrons. The van der Waals surface area contributed by atoms with E-state index < -0.39 is 45.6 Å². The number of nitrogens with one attached hydrogen (secondary N) is 2. The summed E-state index contributed by atoms with van der Waals surface area (Å²) in [4.78, 5) is 40.3. The molecule has 2 amide bonds. The number of piperazine rings is 1. The quantitative estimate of drug-likeness (QED) is 0.315. The lowest BCUT2D eigenvalue weighted by atomic mass is 10.0. The molecule has 3 rings (SSSR count). The van der Waals surface area contributed by atoms with Gasteiger partial charge in [-0.05, 0) is 42.3 Å². The Bertz CT molecular complexity index is 1330. The van der Waals surface area contributed by atoms with Gasteiger partial charge in [-0.3, -0.25) is 24.0 Å². The number of nitrogens with zero attached hydrogens (tertiary/aromatic N) is 2. The summed E-state index contributed by atoms with van der Waals surface area (Å²) < 4.78 is 51.8. The van der Waals surface area contributed by atoms with E-state index in [1.165, 1.54) is 23.1 Å². The first kappa shape index (κ1) is 29.9. The van der Waals surface area contributed by atoms with Crippen LogP contribution < -0.4 is 15.8 Å². The van der Waals surface area contributed by atoms with Crippen molar-refractivity contribution in [3.8, 4) is 0 Å². The van der Waals surface area contributed by atoms with E-state index in [-0.39, 0.29) is 50.5 Å². The standard InChI is InChI=1S/C25H31F2N5O6S/c1-39(37,38)30-19-4-2-3-18(12-19)29-23(33)15-31-7-8-32(20(14-31)13-25(35)36)24(34)11-17(28)9-16-5-6-21(26)22(27)10-16/h2-6,10,12,17,20,30H,7-9,11,13-15,28H2,1H3,(H,29,33)(H,35,36). The second kappa shape index (κ2) is 13.0. The Hall–Kier alpha value is -3.62. The molecule has 2 atom stereocenters. The van der Waals surface area contributed by atoms with Crippen molar-refractivity contribution in [3.05, 3.63) is 59.7 Å². The van der Waals surface area contributed by atoms with Gasteiger partial charge in [0.2, 0.25) is 21.8 Å². The highest BCUT2D eigenvalue weighted by Gasteiger charge is 2.33. The number of anilines is 2. The van der Waals surface area contributed by atoms with Gasteiger partial charge in [-0.1, -0.05) is 12.1 Å². The van der Waals surface area contributed by atoms with Crippen molar-refractivity contribution in [1.29, 1.82) is 0 Å². The minimum Gasteiger partial charge on any atom is -0.481 e. The normalized spacial score (nSPS) is 16.9. The zero-order chi connectivity index (χ0) is 28.7. The van der Waals surface area contributed by atoms with Crippen molar-refractivity contribution in [2.24, 2.45) is 5.73 Å². The zero-order valence-electron chi connectivity index (χ0n) is 21.3. The summed E-state index contributed by atoms with van der Waals surface area (Å²) in [6.07, 6.45) is 0.694. The van der Waals surface area contributed by atoms with E-state index in [1.807, 2.05) is 0 Å². The lowest BCUT2D eigenvalue weighted by molar-refractivity contribution is -0.143. The molecule has 0 radical (unpaired) electrons. The average molecular weight is 568 g/mol. The van der Waals surface area contributed by atoms with Gasteiger partial charge in [0.25, 0.3) is 0 Å². The Morgan fingerprint density at radius 2 is 1.82 bits per heavy atom. The van der Waals surface area contributed by atoms with E-state index in [0.29, 0.717) is 17.8 Å². The predicted molar refractivity (Wildman–Crippen MR) is 140 cm³/mol. The summed E-state index contributed by atoms with van der Waals surface area (Å²) in [6, 6.07) is 8.18. The van der Waals surface area contributed by atoms with E-state index in [4.69, 9.17) is 5.73 Å². The topological polar surface area (TPSA) is 162 Å². The number of nitrogens with two attached hydrogens (primary N) is 1. The van der Waals surface area contributed by atoms with Crippen molar-refractivity contribution in [2.75, 3.05) is 42.5 Å². The molecule has 1 fully saturated rings. The SMILES string of the molecule is CS(=O)(=O)Nc1cccc(NC(=O)CN2CCN(C(=O)CC(N)Cc3ccc(F)c(F)c3)C(CC(=O)O)C2)c1. The number of sulfonamides is 1. The third-order valence-corrected chi connectivity index (χ3v) is 6.64. The second-order valence-electron chi connectivity index (χ2n) is 9.49. The van der Waals surface area contributed by atoms with E-state index in [1.54, 1.807) is 17.0 Å². The fraction of sp³-hybridized carbons (Fsp3) is 0.400. The van der Waals surface area contributed by atoms with Crippen LogP contribution in [0.3, 0.4) is 0 Å². The first-order chi connectivity index (χ1) is 18.3. The highest BCUT2D eigenvalue weighted by molar-refractivity contribution is 7.92. The summed E-state index contributed by atoms with van der Waals surface area (Å²) in [7, 11) is -3.49. The molecule has 1 saturated heterocycles. The highest BCUT2D eigenvalue weighted by Crippen LogP contribution is 2.19. The molecule has 1 aliphatic heterocycles. The molecule has 2 aromatic carbocycles. The van der Waals surface area contributed by atoms with Crippen LogP contribution in [-0.4, -0.2) is 85.6 Å². The number of halogens is 2. The van der Waals surface area contributed by atoms with Gasteiger partial charge in [-0.15, -0.1) is 0 Å². The molecular weight excluding hydrogens is 536 g/mol. The molecule has 0 bridgehead atoms. The van der Waals surface area contributed by atoms with Gasteiger partial charge in [0.05, 0.1) is 31.0 Å². The highest BCUT2D eigenvalue weighted by atomic mass is 32.2. The summed E-state index contributed by atoms with van der Waals surface area (Å²) >= 11 is 0. The van der Waals surface area contributed by atoms with E-state index in [9.17, 15) is 36.7 Å². The first-order valence-electron chi connectivity index (χ1n) is 12.1. The van der Waals surface area contributed by atoms with Gasteiger partial charge in [0.1, 0.15) is 0 Å². The van der Waals surface area contributed by atoms with Gasteiger partial charge in [0.15, 0.2) is 11.6 Å². The van der Waals surface area contributed by atoms with E-state index in [0.717, 1.165) is 18.4 Å². The Kier molecular flexibility index (Phi) is 9.94. The van der Waals surface area contributed by atoms with Gasteiger partial charge >= 0.3 is 5.97 Å². The third-order valence-electron chi connectivity index (χ3n) is 6.03. The monoisotopic (exact) mass is 567 g/mol. The maximum Gasteiger partial charge on any atom is 0.305 e. The molecule has 5 N–H and O–H groups in total. The van der Waals surface area contributed by atoms with Gasteiger partial charge in [-0.25, -0.2) is 17.2 Å². The number of carbonyl (C=O) groups is 3. The van der Waals surface area contributed by atoms with Gasteiger partial charge in [-0.2, -0.15) is 0 Å². The number of rotatable bonds is 11. The molecule has 1 heterocycles. The van der Waals surface area contributed by atoms with Crippen LogP contribution in [0, 0.1) is 11.6 Å². The van der Waals surface area contributed by atoms with Gasteiger partial charge < -0.3 is 21.1 Å². The maximum absolute atomic E-state index is 13.5. The van der Waals surface area contributed by atoms with Crippen molar-refractivity contribution >= 4 is 39.2 Å². The lowest BCUT2D eigenvalue weighted by Gasteiger charge is -2.41. The second-order valence-corrected chi connectivity index (χ2v) is 11.2.